The van der Waals surface area contributed by atoms with Crippen LogP contribution in [0.25, 0.3) is 5.69 Å². The highest BCUT2D eigenvalue weighted by molar-refractivity contribution is 5.95. The van der Waals surface area contributed by atoms with Gasteiger partial charge in [-0.25, -0.2) is 9.48 Å². The van der Waals surface area contributed by atoms with Crippen molar-refractivity contribution in [3.63, 3.8) is 0 Å². The normalized spacial score (nSPS) is 11.4. The van der Waals surface area contributed by atoms with Crippen LogP contribution in [0.5, 0.6) is 0 Å². The van der Waals surface area contributed by atoms with Crippen molar-refractivity contribution in [2.45, 2.75) is 40.0 Å². The lowest BCUT2D eigenvalue weighted by Gasteiger charge is -2.15. The highest BCUT2D eigenvalue weighted by Gasteiger charge is 2.22. The molecule has 0 fully saturated rings. The van der Waals surface area contributed by atoms with Crippen LogP contribution in [-0.4, -0.2) is 20.9 Å². The second kappa shape index (κ2) is 6.91. The summed E-state index contributed by atoms with van der Waals surface area (Å²) < 4.78 is 1.86. The lowest BCUT2D eigenvalue weighted by Crippen LogP contribution is -2.13. The maximum Gasteiger partial charge on any atom is 0.337 e. The van der Waals surface area contributed by atoms with Crippen LogP contribution >= 0.6 is 0 Å². The number of carbonyl (C=O) groups is 1. The quantitative estimate of drug-likeness (QED) is 0.666. The molecule has 0 atom stereocenters. The van der Waals surface area contributed by atoms with Crippen LogP contribution in [0.4, 0.5) is 11.5 Å². The number of nitrogens with one attached hydrogen (secondary N) is 1. The molecule has 0 bridgehead atoms. The topological polar surface area (TPSA) is 67.2 Å². The molecule has 27 heavy (non-hydrogen) atoms. The molecule has 0 aliphatic carbocycles. The minimum atomic E-state index is -0.966. The number of hydrogen-bond acceptors (Lipinski definition) is 3. The highest BCUT2D eigenvalue weighted by atomic mass is 16.4. The average molecular weight is 363 g/mol. The molecule has 0 spiro atoms. The van der Waals surface area contributed by atoms with E-state index in [1.54, 1.807) is 18.2 Å². The van der Waals surface area contributed by atoms with Crippen LogP contribution < -0.4 is 5.32 Å². The standard InChI is InChI=1S/C22H25N3O2/c1-14-9-8-12-18(15(14)2)25-20(13-19(24-25)22(3,4)5)23-17-11-7-6-10-16(17)21(26)27/h6-13,23H,1-5H3,(H,26,27). The first-order valence-corrected chi connectivity index (χ1v) is 8.95. The molecule has 0 unspecified atom stereocenters. The molecule has 0 saturated carbocycles. The lowest BCUT2D eigenvalue weighted by atomic mass is 9.92. The number of nitrogens with zero attached hydrogens (tertiary/aromatic N) is 2. The molecule has 1 heterocycles. The molecule has 1 aromatic heterocycles. The zero-order chi connectivity index (χ0) is 19.8. The maximum absolute atomic E-state index is 11.6. The number of rotatable bonds is 4. The summed E-state index contributed by atoms with van der Waals surface area (Å²) in [4.78, 5) is 11.6. The first-order valence-electron chi connectivity index (χ1n) is 8.95. The molecule has 3 aromatic rings. The fourth-order valence-electron chi connectivity index (χ4n) is 2.90. The summed E-state index contributed by atoms with van der Waals surface area (Å²) in [6.45, 7) is 10.5. The summed E-state index contributed by atoms with van der Waals surface area (Å²) in [5, 5.41) is 17.6. The third-order valence-electron chi connectivity index (χ3n) is 4.70. The Kier molecular flexibility index (Phi) is 4.79. The summed E-state index contributed by atoms with van der Waals surface area (Å²) in [6.07, 6.45) is 0. The molecule has 0 aliphatic rings. The molecule has 140 valence electrons. The van der Waals surface area contributed by atoms with Crippen molar-refractivity contribution in [1.82, 2.24) is 9.78 Å². The van der Waals surface area contributed by atoms with Crippen molar-refractivity contribution in [3.8, 4) is 5.69 Å². The number of para-hydroxylation sites is 1. The van der Waals surface area contributed by atoms with Crippen LogP contribution in [0.2, 0.25) is 0 Å². The van der Waals surface area contributed by atoms with E-state index in [0.29, 0.717) is 5.69 Å². The van der Waals surface area contributed by atoms with Gasteiger partial charge in [-0.15, -0.1) is 0 Å². The highest BCUT2D eigenvalue weighted by Crippen LogP contribution is 2.30. The van der Waals surface area contributed by atoms with Crippen molar-refractivity contribution < 1.29 is 9.90 Å². The van der Waals surface area contributed by atoms with Gasteiger partial charge < -0.3 is 10.4 Å². The minimum Gasteiger partial charge on any atom is -0.478 e. The van der Waals surface area contributed by atoms with Crippen LogP contribution in [0.15, 0.2) is 48.5 Å². The van der Waals surface area contributed by atoms with E-state index in [-0.39, 0.29) is 11.0 Å². The minimum absolute atomic E-state index is 0.133. The number of hydrogen-bond donors (Lipinski definition) is 2. The zero-order valence-corrected chi connectivity index (χ0v) is 16.4. The van der Waals surface area contributed by atoms with E-state index in [0.717, 1.165) is 22.8 Å². The van der Waals surface area contributed by atoms with Gasteiger partial charge in [0.25, 0.3) is 0 Å². The predicted molar refractivity (Wildman–Crippen MR) is 108 cm³/mol. The fraction of sp³-hybridized carbons (Fsp3) is 0.273. The SMILES string of the molecule is Cc1cccc(-n2nc(C(C)(C)C)cc2Nc2ccccc2C(=O)O)c1C. The van der Waals surface area contributed by atoms with Gasteiger partial charge in [-0.2, -0.15) is 5.10 Å². The first kappa shape index (κ1) is 18.7. The first-order chi connectivity index (χ1) is 12.7. The zero-order valence-electron chi connectivity index (χ0n) is 16.4. The van der Waals surface area contributed by atoms with Gasteiger partial charge in [0.2, 0.25) is 0 Å². The Labute approximate surface area is 159 Å². The molecule has 2 aromatic carbocycles. The number of carboxylic acids is 1. The molecular weight excluding hydrogens is 338 g/mol. The van der Waals surface area contributed by atoms with Crippen molar-refractivity contribution in [3.05, 3.63) is 70.9 Å². The van der Waals surface area contributed by atoms with E-state index in [2.05, 4.69) is 46.0 Å². The second-order valence-electron chi connectivity index (χ2n) is 7.77. The number of carboxylic acid groups (broad SMARTS) is 1. The maximum atomic E-state index is 11.6. The van der Waals surface area contributed by atoms with Crippen LogP contribution in [0.3, 0.4) is 0 Å². The van der Waals surface area contributed by atoms with Crippen molar-refractivity contribution in [2.24, 2.45) is 0 Å². The van der Waals surface area contributed by atoms with E-state index in [1.165, 1.54) is 5.56 Å². The third kappa shape index (κ3) is 3.72. The van der Waals surface area contributed by atoms with Crippen LogP contribution in [0, 0.1) is 13.8 Å². The number of aromatic carboxylic acids is 1. The van der Waals surface area contributed by atoms with Gasteiger partial charge >= 0.3 is 5.97 Å². The Hall–Kier alpha value is -3.08. The van der Waals surface area contributed by atoms with Crippen LogP contribution in [-0.2, 0) is 5.41 Å². The summed E-state index contributed by atoms with van der Waals surface area (Å²) in [7, 11) is 0. The number of benzene rings is 2. The lowest BCUT2D eigenvalue weighted by molar-refractivity contribution is 0.0698. The molecule has 5 heteroatoms. The largest absolute Gasteiger partial charge is 0.478 e. The molecular formula is C22H25N3O2. The molecule has 5 nitrogen and oxygen atoms in total. The monoisotopic (exact) mass is 363 g/mol. The summed E-state index contributed by atoms with van der Waals surface area (Å²) in [5.41, 5.74) is 4.85. The Morgan fingerprint density at radius 2 is 1.78 bits per heavy atom. The van der Waals surface area contributed by atoms with Crippen LogP contribution in [0.1, 0.15) is 48.0 Å². The summed E-state index contributed by atoms with van der Waals surface area (Å²) in [5.74, 6) is -0.228. The van der Waals surface area contributed by atoms with E-state index in [4.69, 9.17) is 5.10 Å². The summed E-state index contributed by atoms with van der Waals surface area (Å²) in [6, 6.07) is 15.0. The van der Waals surface area contributed by atoms with Crippen molar-refractivity contribution in [1.29, 1.82) is 0 Å². The van der Waals surface area contributed by atoms with Gasteiger partial charge in [-0.1, -0.05) is 45.0 Å². The second-order valence-corrected chi connectivity index (χ2v) is 7.77. The molecule has 0 radical (unpaired) electrons. The molecule has 2 N–H and O–H groups in total. The average Bonchev–Trinajstić information content (AvgIpc) is 3.01. The van der Waals surface area contributed by atoms with Gasteiger partial charge in [0, 0.05) is 11.5 Å². The fourth-order valence-corrected chi connectivity index (χ4v) is 2.90. The molecule has 0 aliphatic heterocycles. The van der Waals surface area contributed by atoms with Gasteiger partial charge in [0.15, 0.2) is 0 Å². The molecule has 0 amide bonds. The van der Waals surface area contributed by atoms with Gasteiger partial charge in [-0.3, -0.25) is 0 Å². The Morgan fingerprint density at radius 3 is 2.44 bits per heavy atom. The van der Waals surface area contributed by atoms with E-state index in [1.807, 2.05) is 28.9 Å². The smallest absolute Gasteiger partial charge is 0.337 e. The third-order valence-corrected chi connectivity index (χ3v) is 4.70. The molecule has 0 saturated heterocycles. The van der Waals surface area contributed by atoms with E-state index >= 15 is 0 Å². The number of aryl methyl sites for hydroxylation is 1. The summed E-state index contributed by atoms with van der Waals surface area (Å²) >= 11 is 0. The van der Waals surface area contributed by atoms with Gasteiger partial charge in [0.1, 0.15) is 5.82 Å². The van der Waals surface area contributed by atoms with Crippen molar-refractivity contribution >= 4 is 17.5 Å². The number of anilines is 2. The Bertz CT molecular complexity index is 997. The van der Waals surface area contributed by atoms with Gasteiger partial charge in [0.05, 0.1) is 22.6 Å². The van der Waals surface area contributed by atoms with E-state index < -0.39 is 5.97 Å². The molecule has 3 rings (SSSR count). The predicted octanol–water partition coefficient (Wildman–Crippen LogP) is 5.23. The Morgan fingerprint density at radius 1 is 1.07 bits per heavy atom. The van der Waals surface area contributed by atoms with Crippen molar-refractivity contribution in [2.75, 3.05) is 5.32 Å². The number of aromatic nitrogens is 2. The van der Waals surface area contributed by atoms with E-state index in [9.17, 15) is 9.90 Å². The van der Waals surface area contributed by atoms with Gasteiger partial charge in [-0.05, 0) is 43.2 Å². The Balaban J connectivity index is 2.17.